The Bertz CT molecular complexity index is 899. The van der Waals surface area contributed by atoms with Gasteiger partial charge in [0.05, 0.1) is 5.02 Å². The summed E-state index contributed by atoms with van der Waals surface area (Å²) in [4.78, 5) is 23.3. The van der Waals surface area contributed by atoms with Gasteiger partial charge in [0.2, 0.25) is 15.9 Å². The van der Waals surface area contributed by atoms with Gasteiger partial charge < -0.3 is 5.32 Å². The number of ketones is 1. The van der Waals surface area contributed by atoms with E-state index in [-0.39, 0.29) is 46.6 Å². The summed E-state index contributed by atoms with van der Waals surface area (Å²) in [5.41, 5.74) is 0.989. The fourth-order valence-electron chi connectivity index (χ4n) is 2.23. The molecule has 0 fully saturated rings. The minimum absolute atomic E-state index is 0.0156. The topological polar surface area (TPSA) is 92.3 Å². The molecule has 0 bridgehead atoms. The molecule has 1 amide bonds. The van der Waals surface area contributed by atoms with Crippen LogP contribution in [0.2, 0.25) is 5.02 Å². The Labute approximate surface area is 157 Å². The second-order valence-electron chi connectivity index (χ2n) is 5.55. The minimum atomic E-state index is -3.89. The molecule has 2 rings (SSSR count). The van der Waals surface area contributed by atoms with Gasteiger partial charge >= 0.3 is 0 Å². The van der Waals surface area contributed by atoms with Gasteiger partial charge in [-0.3, -0.25) is 9.59 Å². The first-order chi connectivity index (χ1) is 12.3. The number of carbonyl (C=O) groups excluding carboxylic acids is 2. The lowest BCUT2D eigenvalue weighted by molar-refractivity contribution is -0.120. The fraction of sp³-hybridized carbons (Fsp3) is 0.222. The Hall–Kier alpha value is -2.22. The summed E-state index contributed by atoms with van der Waals surface area (Å²) >= 11 is 6.02. The van der Waals surface area contributed by atoms with Crippen LogP contribution in [0.5, 0.6) is 0 Å². The molecule has 0 aliphatic carbocycles. The van der Waals surface area contributed by atoms with Crippen molar-refractivity contribution in [3.63, 3.8) is 0 Å². The van der Waals surface area contributed by atoms with Crippen LogP contribution in [0, 0.1) is 0 Å². The number of benzene rings is 2. The van der Waals surface area contributed by atoms with E-state index in [0.29, 0.717) is 0 Å². The molecule has 0 aliphatic heterocycles. The van der Waals surface area contributed by atoms with Crippen molar-refractivity contribution < 1.29 is 18.0 Å². The first-order valence-corrected chi connectivity index (χ1v) is 9.76. The van der Waals surface area contributed by atoms with E-state index in [1.165, 1.54) is 25.2 Å². The summed E-state index contributed by atoms with van der Waals surface area (Å²) in [6.07, 6.45) is 0.0184. The number of hydrogen-bond donors (Lipinski definition) is 2. The average Bonchev–Trinajstić information content (AvgIpc) is 2.65. The summed E-state index contributed by atoms with van der Waals surface area (Å²) in [6, 6.07) is 13.1. The number of amides is 1. The summed E-state index contributed by atoms with van der Waals surface area (Å²) in [7, 11) is -2.41. The monoisotopic (exact) mass is 394 g/mol. The number of Topliss-reactive ketones (excluding diaryl/α,β-unsaturated/α-hetero) is 1. The largest absolute Gasteiger partial charge is 0.359 e. The molecule has 138 valence electrons. The molecular formula is C18H19ClN2O4S. The highest BCUT2D eigenvalue weighted by Gasteiger charge is 2.20. The Morgan fingerprint density at radius 2 is 1.73 bits per heavy atom. The highest BCUT2D eigenvalue weighted by Crippen LogP contribution is 2.23. The molecule has 0 saturated carbocycles. The third kappa shape index (κ3) is 5.39. The standard InChI is InChI=1S/C18H19ClN2O4S/c1-20-18(23)10-9-16(22)14-7-8-15(19)17(11-14)26(24,25)21-12-13-5-3-2-4-6-13/h2-8,11,21H,9-10,12H2,1H3,(H,20,23). The Morgan fingerprint density at radius 1 is 1.04 bits per heavy atom. The summed E-state index contributed by atoms with van der Waals surface area (Å²) in [5, 5.41) is 2.45. The lowest BCUT2D eigenvalue weighted by atomic mass is 10.1. The van der Waals surface area contributed by atoms with Crippen LogP contribution in [0.25, 0.3) is 0 Å². The smallest absolute Gasteiger partial charge is 0.242 e. The van der Waals surface area contributed by atoms with E-state index in [1.807, 2.05) is 18.2 Å². The predicted molar refractivity (Wildman–Crippen MR) is 99.6 cm³/mol. The minimum Gasteiger partial charge on any atom is -0.359 e. The molecule has 26 heavy (non-hydrogen) atoms. The molecule has 0 aliphatic rings. The summed E-state index contributed by atoms with van der Waals surface area (Å²) in [5.74, 6) is -0.588. The maximum absolute atomic E-state index is 12.5. The van der Waals surface area contributed by atoms with Crippen LogP contribution in [0.4, 0.5) is 0 Å². The van der Waals surface area contributed by atoms with Gasteiger partial charge in [-0.2, -0.15) is 0 Å². The molecule has 0 spiro atoms. The van der Waals surface area contributed by atoms with Crippen molar-refractivity contribution in [2.75, 3.05) is 7.05 Å². The SMILES string of the molecule is CNC(=O)CCC(=O)c1ccc(Cl)c(S(=O)(=O)NCc2ccccc2)c1. The molecule has 0 radical (unpaired) electrons. The third-order valence-electron chi connectivity index (χ3n) is 3.71. The van der Waals surface area contributed by atoms with E-state index in [9.17, 15) is 18.0 Å². The maximum Gasteiger partial charge on any atom is 0.242 e. The van der Waals surface area contributed by atoms with E-state index in [4.69, 9.17) is 11.6 Å². The highest BCUT2D eigenvalue weighted by atomic mass is 35.5. The van der Waals surface area contributed by atoms with Crippen LogP contribution in [0.3, 0.4) is 0 Å². The molecule has 0 heterocycles. The van der Waals surface area contributed by atoms with E-state index in [2.05, 4.69) is 10.0 Å². The van der Waals surface area contributed by atoms with Crippen molar-refractivity contribution in [3.05, 3.63) is 64.7 Å². The molecule has 0 atom stereocenters. The lowest BCUT2D eigenvalue weighted by Crippen LogP contribution is -2.24. The van der Waals surface area contributed by atoms with Crippen LogP contribution in [0.15, 0.2) is 53.4 Å². The van der Waals surface area contributed by atoms with E-state index in [1.54, 1.807) is 12.1 Å². The van der Waals surface area contributed by atoms with Crippen molar-refractivity contribution in [2.24, 2.45) is 0 Å². The quantitative estimate of drug-likeness (QED) is 0.673. The summed E-state index contributed by atoms with van der Waals surface area (Å²) < 4.78 is 27.6. The number of halogens is 1. The molecule has 2 N–H and O–H groups in total. The Kier molecular flexibility index (Phi) is 6.90. The predicted octanol–water partition coefficient (Wildman–Crippen LogP) is 2.53. The van der Waals surface area contributed by atoms with Crippen molar-refractivity contribution in [3.8, 4) is 0 Å². The zero-order chi connectivity index (χ0) is 19.2. The molecule has 2 aromatic carbocycles. The van der Waals surface area contributed by atoms with Gasteiger partial charge in [-0.1, -0.05) is 41.9 Å². The molecule has 0 saturated heterocycles. The zero-order valence-electron chi connectivity index (χ0n) is 14.2. The van der Waals surface area contributed by atoms with E-state index in [0.717, 1.165) is 5.56 Å². The molecule has 0 aromatic heterocycles. The Morgan fingerprint density at radius 3 is 2.38 bits per heavy atom. The molecule has 8 heteroatoms. The fourth-order valence-corrected chi connectivity index (χ4v) is 3.77. The normalized spacial score (nSPS) is 11.2. The Balaban J connectivity index is 2.17. The highest BCUT2D eigenvalue weighted by molar-refractivity contribution is 7.89. The van der Waals surface area contributed by atoms with Crippen molar-refractivity contribution in [1.82, 2.24) is 10.0 Å². The number of nitrogens with one attached hydrogen (secondary N) is 2. The third-order valence-corrected chi connectivity index (χ3v) is 5.59. The molecule has 2 aromatic rings. The average molecular weight is 395 g/mol. The van der Waals surface area contributed by atoms with Gasteiger partial charge in [0.15, 0.2) is 5.78 Å². The molecule has 6 nitrogen and oxygen atoms in total. The summed E-state index contributed by atoms with van der Waals surface area (Å²) in [6.45, 7) is 0.106. The van der Waals surface area contributed by atoms with Gasteiger partial charge in [0, 0.05) is 32.0 Å². The van der Waals surface area contributed by atoms with Crippen molar-refractivity contribution in [2.45, 2.75) is 24.3 Å². The van der Waals surface area contributed by atoms with Gasteiger partial charge in [0.1, 0.15) is 4.90 Å². The van der Waals surface area contributed by atoms with Crippen LogP contribution >= 0.6 is 11.6 Å². The maximum atomic E-state index is 12.5. The number of sulfonamides is 1. The second kappa shape index (κ2) is 8.93. The van der Waals surface area contributed by atoms with Gasteiger partial charge in [0.25, 0.3) is 0 Å². The number of carbonyl (C=O) groups is 2. The molecule has 0 unspecified atom stereocenters. The van der Waals surface area contributed by atoms with E-state index >= 15 is 0 Å². The van der Waals surface area contributed by atoms with Crippen LogP contribution in [-0.2, 0) is 21.4 Å². The van der Waals surface area contributed by atoms with Crippen molar-refractivity contribution in [1.29, 1.82) is 0 Å². The first kappa shape index (κ1) is 20.1. The van der Waals surface area contributed by atoms with Gasteiger partial charge in [-0.25, -0.2) is 13.1 Å². The van der Waals surface area contributed by atoms with Crippen LogP contribution in [-0.4, -0.2) is 27.2 Å². The number of hydrogen-bond acceptors (Lipinski definition) is 4. The second-order valence-corrected chi connectivity index (χ2v) is 7.69. The van der Waals surface area contributed by atoms with Crippen molar-refractivity contribution >= 4 is 33.3 Å². The van der Waals surface area contributed by atoms with Gasteiger partial charge in [-0.05, 0) is 23.8 Å². The number of rotatable bonds is 8. The van der Waals surface area contributed by atoms with Crippen LogP contribution in [0.1, 0.15) is 28.8 Å². The molecular weight excluding hydrogens is 376 g/mol. The van der Waals surface area contributed by atoms with E-state index < -0.39 is 10.0 Å². The van der Waals surface area contributed by atoms with Gasteiger partial charge in [-0.15, -0.1) is 0 Å². The zero-order valence-corrected chi connectivity index (χ0v) is 15.7. The lowest BCUT2D eigenvalue weighted by Gasteiger charge is -2.10. The first-order valence-electron chi connectivity index (χ1n) is 7.90. The van der Waals surface area contributed by atoms with Crippen LogP contribution < -0.4 is 10.0 Å².